The van der Waals surface area contributed by atoms with E-state index in [0.29, 0.717) is 12.2 Å². The molecular formula is C32H33N5O2. The summed E-state index contributed by atoms with van der Waals surface area (Å²) >= 11 is 0. The summed E-state index contributed by atoms with van der Waals surface area (Å²) in [4.78, 5) is 37.5. The molecule has 39 heavy (non-hydrogen) atoms. The van der Waals surface area contributed by atoms with Gasteiger partial charge in [0.25, 0.3) is 5.91 Å². The van der Waals surface area contributed by atoms with E-state index in [2.05, 4.69) is 33.5 Å². The Kier molecular flexibility index (Phi) is 8.33. The molecule has 1 unspecified atom stereocenters. The Bertz CT molecular complexity index is 1400. The average molecular weight is 520 g/mol. The molecule has 0 spiro atoms. The number of anilines is 2. The molecule has 198 valence electrons. The number of fused-ring (bicyclic) bond motifs is 1. The SMILES string of the molecule is CCCN1C(=O)C(NC(=O)Nc2ccc(C#Cc3ccncc3)cc2)N=C(C2CCCCC2)c2ccccc21. The molecule has 0 bridgehead atoms. The van der Waals surface area contributed by atoms with E-state index in [1.54, 1.807) is 29.4 Å². The second-order valence-corrected chi connectivity index (χ2v) is 9.92. The maximum absolute atomic E-state index is 13.7. The Hall–Kier alpha value is -4.44. The molecule has 2 aliphatic rings. The summed E-state index contributed by atoms with van der Waals surface area (Å²) < 4.78 is 0. The Balaban J connectivity index is 1.34. The van der Waals surface area contributed by atoms with Gasteiger partial charge in [-0.2, -0.15) is 0 Å². The lowest BCUT2D eigenvalue weighted by molar-refractivity contribution is -0.120. The van der Waals surface area contributed by atoms with Crippen LogP contribution >= 0.6 is 0 Å². The third-order valence-electron chi connectivity index (χ3n) is 7.12. The van der Waals surface area contributed by atoms with Crippen LogP contribution in [-0.4, -0.2) is 35.3 Å². The van der Waals surface area contributed by atoms with Crippen molar-refractivity contribution in [2.24, 2.45) is 10.9 Å². The summed E-state index contributed by atoms with van der Waals surface area (Å²) in [6, 6.07) is 18.5. The molecule has 3 aromatic rings. The van der Waals surface area contributed by atoms with Gasteiger partial charge in [-0.15, -0.1) is 0 Å². The molecule has 0 saturated heterocycles. The molecule has 2 aromatic carbocycles. The fourth-order valence-corrected chi connectivity index (χ4v) is 5.21. The van der Waals surface area contributed by atoms with E-state index < -0.39 is 12.2 Å². The first-order valence-electron chi connectivity index (χ1n) is 13.7. The van der Waals surface area contributed by atoms with Gasteiger partial charge in [0.05, 0.1) is 11.4 Å². The van der Waals surface area contributed by atoms with E-state index in [4.69, 9.17) is 4.99 Å². The quantitative estimate of drug-likeness (QED) is 0.421. The molecule has 3 amide bonds. The van der Waals surface area contributed by atoms with E-state index in [-0.39, 0.29) is 11.8 Å². The van der Waals surface area contributed by atoms with E-state index >= 15 is 0 Å². The van der Waals surface area contributed by atoms with E-state index in [1.165, 1.54) is 6.42 Å². The van der Waals surface area contributed by atoms with Gasteiger partial charge >= 0.3 is 6.03 Å². The van der Waals surface area contributed by atoms with Gasteiger partial charge in [-0.3, -0.25) is 14.8 Å². The average Bonchev–Trinajstić information content (AvgIpc) is 3.09. The van der Waals surface area contributed by atoms with Crippen LogP contribution in [0, 0.1) is 17.8 Å². The minimum Gasteiger partial charge on any atom is -0.308 e. The van der Waals surface area contributed by atoms with Gasteiger partial charge in [-0.05, 0) is 61.7 Å². The van der Waals surface area contributed by atoms with Crippen molar-refractivity contribution in [2.45, 2.75) is 51.6 Å². The first-order valence-corrected chi connectivity index (χ1v) is 13.7. The maximum Gasteiger partial charge on any atom is 0.321 e. The van der Waals surface area contributed by atoms with Crippen LogP contribution in [0.5, 0.6) is 0 Å². The van der Waals surface area contributed by atoms with Crippen molar-refractivity contribution in [3.8, 4) is 11.8 Å². The molecule has 1 aliphatic carbocycles. The number of nitrogens with one attached hydrogen (secondary N) is 2. The zero-order valence-electron chi connectivity index (χ0n) is 22.2. The molecular weight excluding hydrogens is 486 g/mol. The summed E-state index contributed by atoms with van der Waals surface area (Å²) in [5, 5.41) is 5.70. The van der Waals surface area contributed by atoms with Crippen LogP contribution in [-0.2, 0) is 4.79 Å². The monoisotopic (exact) mass is 519 g/mol. The van der Waals surface area contributed by atoms with Crippen LogP contribution < -0.4 is 15.5 Å². The lowest BCUT2D eigenvalue weighted by Crippen LogP contribution is -2.48. The largest absolute Gasteiger partial charge is 0.321 e. The third-order valence-corrected chi connectivity index (χ3v) is 7.12. The number of hydrogen-bond acceptors (Lipinski definition) is 4. The number of benzodiazepines with no additional fused rings is 1. The highest BCUT2D eigenvalue weighted by molar-refractivity contribution is 6.14. The highest BCUT2D eigenvalue weighted by Crippen LogP contribution is 2.34. The van der Waals surface area contributed by atoms with Crippen molar-refractivity contribution in [1.29, 1.82) is 0 Å². The number of nitrogens with zero attached hydrogens (tertiary/aromatic N) is 3. The Morgan fingerprint density at radius 2 is 1.64 bits per heavy atom. The molecule has 1 aromatic heterocycles. The molecule has 1 saturated carbocycles. The predicted molar refractivity (Wildman–Crippen MR) is 155 cm³/mol. The summed E-state index contributed by atoms with van der Waals surface area (Å²) in [6.07, 6.45) is 8.84. The standard InChI is InChI=1S/C32H33N5O2/c1-2-22-37-28-11-7-6-10-27(28)29(25-8-4-3-5-9-25)35-30(31(37)38)36-32(39)34-26-16-14-23(15-17-26)12-13-24-18-20-33-21-19-24/h6-7,10-11,14-21,25,30H,2-5,8-9,22H2,1H3,(H2,34,36,39). The van der Waals surface area contributed by atoms with Crippen LogP contribution in [0.1, 0.15) is 62.1 Å². The number of hydrogen-bond donors (Lipinski definition) is 2. The summed E-state index contributed by atoms with van der Waals surface area (Å²) in [5.41, 5.74) is 5.12. The minimum absolute atomic E-state index is 0.216. The smallest absolute Gasteiger partial charge is 0.308 e. The summed E-state index contributed by atoms with van der Waals surface area (Å²) in [6.45, 7) is 2.61. The number of benzene rings is 2. The van der Waals surface area contributed by atoms with E-state index in [1.807, 2.05) is 49.4 Å². The summed E-state index contributed by atoms with van der Waals surface area (Å²) in [7, 11) is 0. The van der Waals surface area contributed by atoms with Crippen LogP contribution in [0.25, 0.3) is 0 Å². The number of rotatable bonds is 5. The van der Waals surface area contributed by atoms with Crippen molar-refractivity contribution in [3.63, 3.8) is 0 Å². The van der Waals surface area contributed by atoms with Crippen LogP contribution in [0.15, 0.2) is 78.0 Å². The van der Waals surface area contributed by atoms with Gasteiger partial charge in [-0.25, -0.2) is 4.79 Å². The fourth-order valence-electron chi connectivity index (χ4n) is 5.21. The molecule has 7 nitrogen and oxygen atoms in total. The van der Waals surface area contributed by atoms with Crippen LogP contribution in [0.3, 0.4) is 0 Å². The molecule has 0 radical (unpaired) electrons. The predicted octanol–water partition coefficient (Wildman–Crippen LogP) is 5.76. The molecule has 7 heteroatoms. The first-order chi connectivity index (χ1) is 19.1. The Morgan fingerprint density at radius 1 is 0.949 bits per heavy atom. The zero-order chi connectivity index (χ0) is 27.0. The van der Waals surface area contributed by atoms with Gasteiger partial charge in [0.15, 0.2) is 0 Å². The second kappa shape index (κ2) is 12.4. The molecule has 1 atom stereocenters. The van der Waals surface area contributed by atoms with Gasteiger partial charge in [0.1, 0.15) is 0 Å². The summed E-state index contributed by atoms with van der Waals surface area (Å²) in [5.74, 6) is 6.26. The lowest BCUT2D eigenvalue weighted by atomic mass is 9.83. The van der Waals surface area contributed by atoms with Gasteiger partial charge in [0, 0.05) is 47.2 Å². The number of carbonyl (C=O) groups excluding carboxylic acids is 2. The number of amides is 3. The van der Waals surface area contributed by atoms with Crippen molar-refractivity contribution < 1.29 is 9.59 Å². The second-order valence-electron chi connectivity index (χ2n) is 9.92. The maximum atomic E-state index is 13.7. The van der Waals surface area contributed by atoms with Crippen LogP contribution in [0.2, 0.25) is 0 Å². The lowest BCUT2D eigenvalue weighted by Gasteiger charge is -2.26. The van der Waals surface area contributed by atoms with Gasteiger partial charge in [0.2, 0.25) is 6.17 Å². The number of pyridine rings is 1. The third kappa shape index (κ3) is 6.35. The van der Waals surface area contributed by atoms with Crippen molar-refractivity contribution >= 4 is 29.0 Å². The number of aliphatic imine (C=N–C) groups is 1. The van der Waals surface area contributed by atoms with Crippen molar-refractivity contribution in [3.05, 3.63) is 89.7 Å². The van der Waals surface area contributed by atoms with Crippen molar-refractivity contribution in [2.75, 3.05) is 16.8 Å². The highest BCUT2D eigenvalue weighted by atomic mass is 16.2. The number of urea groups is 1. The molecule has 2 heterocycles. The van der Waals surface area contributed by atoms with E-state index in [9.17, 15) is 9.59 Å². The Morgan fingerprint density at radius 3 is 2.36 bits per heavy atom. The topological polar surface area (TPSA) is 86.7 Å². The van der Waals surface area contributed by atoms with Gasteiger partial charge < -0.3 is 15.5 Å². The van der Waals surface area contributed by atoms with Crippen molar-refractivity contribution in [1.82, 2.24) is 10.3 Å². The fraction of sp³-hybridized carbons (Fsp3) is 0.312. The Labute approximate surface area is 229 Å². The van der Waals surface area contributed by atoms with Gasteiger partial charge in [-0.1, -0.05) is 56.2 Å². The number of carbonyl (C=O) groups is 2. The number of aromatic nitrogens is 1. The van der Waals surface area contributed by atoms with Crippen LogP contribution in [0.4, 0.5) is 16.2 Å². The van der Waals surface area contributed by atoms with E-state index in [0.717, 1.165) is 60.2 Å². The minimum atomic E-state index is -0.994. The highest BCUT2D eigenvalue weighted by Gasteiger charge is 2.34. The molecule has 5 rings (SSSR count). The molecule has 1 aliphatic heterocycles. The zero-order valence-corrected chi connectivity index (χ0v) is 22.2. The normalized spacial score (nSPS) is 17.3. The number of para-hydroxylation sites is 1. The molecule has 1 fully saturated rings. The first kappa shape index (κ1) is 26.2. The molecule has 2 N–H and O–H groups in total.